The highest BCUT2D eigenvalue weighted by atomic mass is 19.4. The average Bonchev–Trinajstić information content (AvgIpc) is 2.95. The molecule has 296 valence electrons. The van der Waals surface area contributed by atoms with Gasteiger partial charge in [0, 0.05) is 5.57 Å². The van der Waals surface area contributed by atoms with Crippen LogP contribution in [0.2, 0.25) is 0 Å². The topological polar surface area (TPSA) is 26.3 Å². The summed E-state index contributed by atoms with van der Waals surface area (Å²) in [5.74, 6) is -125. The average molecular weight is 816 g/mol. The van der Waals surface area contributed by atoms with Crippen molar-refractivity contribution in [3.8, 4) is 0 Å². The van der Waals surface area contributed by atoms with Gasteiger partial charge in [-0.05, 0) is 6.92 Å². The molecule has 0 aliphatic heterocycles. The zero-order valence-corrected chi connectivity index (χ0v) is 22.0. The second kappa shape index (κ2) is 10.6. The molecule has 1 aliphatic rings. The van der Waals surface area contributed by atoms with Gasteiger partial charge in [0.05, 0.1) is 0 Å². The number of esters is 1. The van der Waals surface area contributed by atoms with Crippen molar-refractivity contribution in [2.24, 2.45) is 0 Å². The molecule has 0 saturated heterocycles. The van der Waals surface area contributed by atoms with E-state index in [0.717, 1.165) is 0 Å². The van der Waals surface area contributed by atoms with Gasteiger partial charge in [-0.25, -0.2) is 9.18 Å². The van der Waals surface area contributed by atoms with Crippen molar-refractivity contribution in [1.29, 1.82) is 0 Å². The van der Waals surface area contributed by atoms with E-state index in [2.05, 4.69) is 11.3 Å². The number of ether oxygens (including phenoxy) is 1. The Morgan fingerprint density at radius 1 is 0.420 bits per heavy atom. The predicted molar refractivity (Wildman–Crippen MR) is 94.0 cm³/mol. The number of halogens is 29. The summed E-state index contributed by atoms with van der Waals surface area (Å²) in [5, 5.41) is 0. The smallest absolute Gasteiger partial charge is 0.393 e. The number of carbonyl (C=O) groups is 1. The van der Waals surface area contributed by atoms with E-state index in [4.69, 9.17) is 0 Å². The maximum atomic E-state index is 14.3. The summed E-state index contributed by atoms with van der Waals surface area (Å²) in [5.41, 5.74) is -11.0. The fourth-order valence-electron chi connectivity index (χ4n) is 3.47. The van der Waals surface area contributed by atoms with Gasteiger partial charge in [-0.3, -0.25) is 0 Å². The highest BCUT2D eigenvalue weighted by Gasteiger charge is 3.09. The van der Waals surface area contributed by atoms with Gasteiger partial charge in [-0.15, -0.1) is 0 Å². The quantitative estimate of drug-likeness (QED) is 0.112. The van der Waals surface area contributed by atoms with Crippen molar-refractivity contribution in [2.45, 2.75) is 95.7 Å². The van der Waals surface area contributed by atoms with Crippen LogP contribution < -0.4 is 0 Å². The van der Waals surface area contributed by atoms with E-state index in [0.29, 0.717) is 0 Å². The minimum Gasteiger partial charge on any atom is -0.393 e. The SMILES string of the molecule is C=C(C)C(=O)OC(F)(F)C(F)(F)C(F)(F)C(F)(F)C(F)(F)C(F)(F)C(F)(F)C(F)(F)C(F)(F)C(F)(F)C1(F)C(F)(F)C(F)(F)C(F)(F)C1(F)F. The van der Waals surface area contributed by atoms with E-state index in [9.17, 15) is 132 Å². The minimum absolute atomic E-state index is 0.149. The van der Waals surface area contributed by atoms with Crippen LogP contribution in [-0.4, -0.2) is 94.7 Å². The summed E-state index contributed by atoms with van der Waals surface area (Å²) in [7, 11) is 0. The Morgan fingerprint density at radius 2 is 0.640 bits per heavy atom. The standard InChI is InChI=1S/C19H5F29O2/c1-3(2)4(49)50-19(47,48)18(45,46)17(43,44)16(41,42)15(39,40)14(37,38)13(35,36)12(33,34)11(31,32)8(25,26)5(20)6(21,22)9(27,28)10(29,30)7(5,23)24/h1H2,2H3. The van der Waals surface area contributed by atoms with Crippen LogP contribution in [0.1, 0.15) is 6.92 Å². The van der Waals surface area contributed by atoms with Crippen LogP contribution in [-0.2, 0) is 9.53 Å². The molecule has 0 radical (unpaired) electrons. The maximum Gasteiger partial charge on any atom is 0.473 e. The summed E-state index contributed by atoms with van der Waals surface area (Å²) in [6.07, 6.45) is -7.72. The molecule has 0 spiro atoms. The van der Waals surface area contributed by atoms with Gasteiger partial charge in [-0.1, -0.05) is 6.58 Å². The Labute approximate surface area is 252 Å². The van der Waals surface area contributed by atoms with E-state index in [1.807, 2.05) is 0 Å². The third-order valence-corrected chi connectivity index (χ3v) is 6.57. The van der Waals surface area contributed by atoms with Crippen molar-refractivity contribution in [1.82, 2.24) is 0 Å². The Hall–Kier alpha value is -2.82. The molecule has 1 rings (SSSR count). The number of hydrogen-bond donors (Lipinski definition) is 0. The second-order valence-electron chi connectivity index (χ2n) is 9.81. The van der Waals surface area contributed by atoms with Gasteiger partial charge in [0.25, 0.3) is 0 Å². The third-order valence-electron chi connectivity index (χ3n) is 6.57. The molecule has 1 fully saturated rings. The van der Waals surface area contributed by atoms with Crippen LogP contribution in [0.5, 0.6) is 0 Å². The molecule has 0 unspecified atom stereocenters. The van der Waals surface area contributed by atoms with Gasteiger partial charge < -0.3 is 4.74 Å². The van der Waals surface area contributed by atoms with E-state index >= 15 is 0 Å². The first kappa shape index (κ1) is 45.2. The number of rotatable bonds is 12. The summed E-state index contributed by atoms with van der Waals surface area (Å²) in [6.45, 7) is 2.44. The lowest BCUT2D eigenvalue weighted by molar-refractivity contribution is -0.484. The summed E-state index contributed by atoms with van der Waals surface area (Å²) >= 11 is 0. The van der Waals surface area contributed by atoms with Crippen LogP contribution in [0.25, 0.3) is 0 Å². The Morgan fingerprint density at radius 3 is 0.880 bits per heavy atom. The summed E-state index contributed by atoms with van der Waals surface area (Å²) < 4.78 is 400. The monoisotopic (exact) mass is 816 g/mol. The fraction of sp³-hybridized carbons (Fsp3) is 0.842. The van der Waals surface area contributed by atoms with Crippen molar-refractivity contribution >= 4 is 5.97 Å². The first-order valence-corrected chi connectivity index (χ1v) is 10.9. The lowest BCUT2D eigenvalue weighted by Gasteiger charge is -2.46. The fourth-order valence-corrected chi connectivity index (χ4v) is 3.47. The molecule has 0 aromatic carbocycles. The van der Waals surface area contributed by atoms with Gasteiger partial charge in [0.15, 0.2) is 0 Å². The second-order valence-corrected chi connectivity index (χ2v) is 9.81. The maximum absolute atomic E-state index is 14.3. The first-order chi connectivity index (χ1) is 21.1. The highest BCUT2D eigenvalue weighted by molar-refractivity contribution is 5.87. The summed E-state index contributed by atoms with van der Waals surface area (Å²) in [6, 6.07) is 0. The lowest BCUT2D eigenvalue weighted by atomic mass is 9.79. The molecule has 1 saturated carbocycles. The molecule has 31 heteroatoms. The van der Waals surface area contributed by atoms with Crippen molar-refractivity contribution in [3.05, 3.63) is 12.2 Å². The highest BCUT2D eigenvalue weighted by Crippen LogP contribution is 2.76. The first-order valence-electron chi connectivity index (χ1n) is 10.9. The van der Waals surface area contributed by atoms with Gasteiger partial charge in [0.1, 0.15) is 0 Å². The molecule has 2 nitrogen and oxygen atoms in total. The molecule has 0 aromatic heterocycles. The molecule has 50 heavy (non-hydrogen) atoms. The Bertz CT molecular complexity index is 1340. The molecule has 0 heterocycles. The van der Waals surface area contributed by atoms with E-state index in [-0.39, 0.29) is 6.92 Å². The van der Waals surface area contributed by atoms with Crippen LogP contribution in [0.3, 0.4) is 0 Å². The third kappa shape index (κ3) is 4.42. The molecule has 0 N–H and O–H groups in total. The van der Waals surface area contributed by atoms with E-state index < -0.39 is 100 Å². The lowest BCUT2D eigenvalue weighted by Crippen LogP contribution is -2.80. The Kier molecular flexibility index (Phi) is 9.61. The molecule has 0 aromatic rings. The van der Waals surface area contributed by atoms with E-state index in [1.54, 1.807) is 0 Å². The van der Waals surface area contributed by atoms with Gasteiger partial charge in [0.2, 0.25) is 0 Å². The van der Waals surface area contributed by atoms with Gasteiger partial charge in [-0.2, -0.15) is 123 Å². The van der Waals surface area contributed by atoms with Crippen LogP contribution in [0.4, 0.5) is 127 Å². The minimum atomic E-state index is -10.1. The largest absolute Gasteiger partial charge is 0.473 e. The van der Waals surface area contributed by atoms with Crippen molar-refractivity contribution in [3.63, 3.8) is 0 Å². The zero-order chi connectivity index (χ0) is 41.4. The van der Waals surface area contributed by atoms with Crippen LogP contribution in [0, 0.1) is 0 Å². The molecule has 0 amide bonds. The Balaban J connectivity index is 4.07. The molecular weight excluding hydrogens is 811 g/mol. The zero-order valence-electron chi connectivity index (χ0n) is 22.0. The molecule has 0 atom stereocenters. The van der Waals surface area contributed by atoms with Crippen molar-refractivity contribution in [2.75, 3.05) is 0 Å². The van der Waals surface area contributed by atoms with Crippen LogP contribution in [0.15, 0.2) is 12.2 Å². The molecular formula is C19H5F29O2. The molecule has 1 aliphatic carbocycles. The predicted octanol–water partition coefficient (Wildman–Crippen LogP) is 9.68. The number of carbonyl (C=O) groups excluding carboxylic acids is 1. The van der Waals surface area contributed by atoms with E-state index in [1.165, 1.54) is 0 Å². The van der Waals surface area contributed by atoms with Gasteiger partial charge >= 0.3 is 94.7 Å². The van der Waals surface area contributed by atoms with Crippen LogP contribution >= 0.6 is 0 Å². The number of alkyl halides is 29. The van der Waals surface area contributed by atoms with Crippen molar-refractivity contribution < 1.29 is 137 Å². The molecule has 0 bridgehead atoms. The normalized spacial score (nSPS) is 22.0. The number of hydrogen-bond acceptors (Lipinski definition) is 2. The summed E-state index contributed by atoms with van der Waals surface area (Å²) in [4.78, 5) is 10.9.